The van der Waals surface area contributed by atoms with Crippen LogP contribution in [0.3, 0.4) is 0 Å². The second-order valence-electron chi connectivity index (χ2n) is 5.26. The fraction of sp³-hybridized carbons (Fsp3) is 0.533. The summed E-state index contributed by atoms with van der Waals surface area (Å²) in [5.74, 6) is 0. The van der Waals surface area contributed by atoms with E-state index in [0.29, 0.717) is 6.04 Å². The molecule has 2 N–H and O–H groups in total. The first-order valence-electron chi connectivity index (χ1n) is 6.94. The smallest absolute Gasteiger partial charge is 0.411 e. The van der Waals surface area contributed by atoms with Gasteiger partial charge in [-0.05, 0) is 51.0 Å². The molecule has 1 heterocycles. The lowest BCUT2D eigenvalue weighted by atomic mass is 9.99. The summed E-state index contributed by atoms with van der Waals surface area (Å²) in [5, 5.41) is 6.14. The third-order valence-electron chi connectivity index (χ3n) is 3.38. The second kappa shape index (κ2) is 6.61. The van der Waals surface area contributed by atoms with E-state index in [4.69, 9.17) is 4.74 Å². The molecule has 5 nitrogen and oxygen atoms in total. The minimum atomic E-state index is -0.460. The van der Waals surface area contributed by atoms with E-state index in [1.807, 2.05) is 24.3 Å². The van der Waals surface area contributed by atoms with Crippen LogP contribution in [0.5, 0.6) is 0 Å². The van der Waals surface area contributed by atoms with Crippen LogP contribution < -0.4 is 10.6 Å². The van der Waals surface area contributed by atoms with Gasteiger partial charge in [-0.2, -0.15) is 0 Å². The molecule has 0 bridgehead atoms. The Kier molecular flexibility index (Phi) is 4.84. The van der Waals surface area contributed by atoms with E-state index < -0.39 is 6.09 Å². The first-order valence-corrected chi connectivity index (χ1v) is 6.94. The highest BCUT2D eigenvalue weighted by Crippen LogP contribution is 2.23. The zero-order valence-corrected chi connectivity index (χ0v) is 12.2. The summed E-state index contributed by atoms with van der Waals surface area (Å²) in [5.41, 5.74) is 1.77. The average Bonchev–Trinajstić information content (AvgIpc) is 2.39. The lowest BCUT2D eigenvalue weighted by Gasteiger charge is -2.33. The van der Waals surface area contributed by atoms with Crippen molar-refractivity contribution >= 4 is 17.5 Å². The molecule has 0 aliphatic carbocycles. The van der Waals surface area contributed by atoms with Crippen molar-refractivity contribution in [2.45, 2.75) is 44.9 Å². The minimum absolute atomic E-state index is 0.288. The fourth-order valence-corrected chi connectivity index (χ4v) is 2.58. The van der Waals surface area contributed by atoms with Gasteiger partial charge in [0.05, 0.1) is 19.3 Å². The molecule has 5 heteroatoms. The first-order chi connectivity index (χ1) is 9.56. The highest BCUT2D eigenvalue weighted by atomic mass is 16.5. The van der Waals surface area contributed by atoms with Gasteiger partial charge in [-0.15, -0.1) is 0 Å². The third-order valence-corrected chi connectivity index (χ3v) is 3.38. The molecule has 2 rings (SSSR count). The first kappa shape index (κ1) is 14.7. The van der Waals surface area contributed by atoms with E-state index in [0.717, 1.165) is 24.2 Å². The minimum Gasteiger partial charge on any atom is -0.453 e. The molecular formula is C15H22N2O3. The monoisotopic (exact) mass is 278 g/mol. The van der Waals surface area contributed by atoms with Crippen LogP contribution in [0.4, 0.5) is 16.2 Å². The maximum Gasteiger partial charge on any atom is 0.411 e. The molecule has 1 aromatic rings. The summed E-state index contributed by atoms with van der Waals surface area (Å²) in [7, 11) is 1.35. The number of methoxy groups -OCH3 is 1. The van der Waals surface area contributed by atoms with Crippen molar-refractivity contribution < 1.29 is 14.3 Å². The normalized spacial score (nSPS) is 25.9. The molecule has 0 aromatic heterocycles. The Morgan fingerprint density at radius 3 is 2.25 bits per heavy atom. The molecule has 2 unspecified atom stereocenters. The summed E-state index contributed by atoms with van der Waals surface area (Å²) in [4.78, 5) is 11.1. The van der Waals surface area contributed by atoms with Gasteiger partial charge in [-0.3, -0.25) is 5.32 Å². The van der Waals surface area contributed by atoms with Gasteiger partial charge in [0, 0.05) is 17.4 Å². The van der Waals surface area contributed by atoms with E-state index in [9.17, 15) is 4.79 Å². The van der Waals surface area contributed by atoms with Crippen molar-refractivity contribution in [2.75, 3.05) is 17.7 Å². The number of carbonyl (C=O) groups is 1. The Bertz CT molecular complexity index is 437. The van der Waals surface area contributed by atoms with E-state index in [1.165, 1.54) is 7.11 Å². The van der Waals surface area contributed by atoms with Crippen LogP contribution in [0.1, 0.15) is 26.7 Å². The predicted octanol–water partition coefficient (Wildman–Crippen LogP) is 3.23. The number of anilines is 2. The van der Waals surface area contributed by atoms with E-state index in [2.05, 4.69) is 29.2 Å². The molecule has 1 aromatic carbocycles. The third kappa shape index (κ3) is 4.13. The molecule has 110 valence electrons. The second-order valence-corrected chi connectivity index (χ2v) is 5.26. The van der Waals surface area contributed by atoms with E-state index >= 15 is 0 Å². The predicted molar refractivity (Wildman–Crippen MR) is 79.1 cm³/mol. The van der Waals surface area contributed by atoms with Gasteiger partial charge in [0.15, 0.2) is 0 Å². The Labute approximate surface area is 119 Å². The molecule has 1 saturated heterocycles. The largest absolute Gasteiger partial charge is 0.453 e. The lowest BCUT2D eigenvalue weighted by molar-refractivity contribution is -0.0337. The van der Waals surface area contributed by atoms with Crippen LogP contribution in [0, 0.1) is 0 Å². The van der Waals surface area contributed by atoms with Crippen molar-refractivity contribution in [1.29, 1.82) is 0 Å². The maximum absolute atomic E-state index is 11.1. The van der Waals surface area contributed by atoms with Crippen LogP contribution in [-0.4, -0.2) is 31.5 Å². The van der Waals surface area contributed by atoms with Gasteiger partial charge in [0.25, 0.3) is 0 Å². The Hall–Kier alpha value is -1.75. The lowest BCUT2D eigenvalue weighted by Crippen LogP contribution is -2.36. The number of rotatable bonds is 3. The van der Waals surface area contributed by atoms with E-state index in [-0.39, 0.29) is 12.2 Å². The van der Waals surface area contributed by atoms with Crippen molar-refractivity contribution in [3.05, 3.63) is 24.3 Å². The van der Waals surface area contributed by atoms with Crippen molar-refractivity contribution in [1.82, 2.24) is 0 Å². The van der Waals surface area contributed by atoms with Gasteiger partial charge in [-0.25, -0.2) is 4.79 Å². The number of ether oxygens (including phenoxy) is 2. The molecule has 1 aliphatic rings. The van der Waals surface area contributed by atoms with Crippen LogP contribution in [0.2, 0.25) is 0 Å². The highest BCUT2D eigenvalue weighted by Gasteiger charge is 2.24. The molecular weight excluding hydrogens is 256 g/mol. The van der Waals surface area contributed by atoms with Crippen LogP contribution >= 0.6 is 0 Å². The summed E-state index contributed by atoms with van der Waals surface area (Å²) in [6.45, 7) is 4.21. The summed E-state index contributed by atoms with van der Waals surface area (Å²) in [6.07, 6.45) is 2.13. The van der Waals surface area contributed by atoms with Crippen molar-refractivity contribution in [2.24, 2.45) is 0 Å². The van der Waals surface area contributed by atoms with Crippen LogP contribution in [0.25, 0.3) is 0 Å². The van der Waals surface area contributed by atoms with Gasteiger partial charge < -0.3 is 14.8 Å². The standard InChI is InChI=1S/C15H22N2O3/c1-10-8-14(9-11(2)20-10)16-12-4-6-13(7-5-12)17-15(18)19-3/h4-7,10-11,14,16H,8-9H2,1-3H3,(H,17,18). The molecule has 1 aliphatic heterocycles. The quantitative estimate of drug-likeness (QED) is 0.891. The molecule has 1 amide bonds. The number of carbonyl (C=O) groups excluding carboxylic acids is 1. The molecule has 1 fully saturated rings. The Morgan fingerprint density at radius 1 is 1.15 bits per heavy atom. The molecule has 0 spiro atoms. The number of nitrogens with one attached hydrogen (secondary N) is 2. The molecule has 0 saturated carbocycles. The van der Waals surface area contributed by atoms with E-state index in [1.54, 1.807) is 0 Å². The number of hydrogen-bond donors (Lipinski definition) is 2. The average molecular weight is 278 g/mol. The Balaban J connectivity index is 1.91. The zero-order chi connectivity index (χ0) is 14.5. The zero-order valence-electron chi connectivity index (χ0n) is 12.2. The molecule has 20 heavy (non-hydrogen) atoms. The number of hydrogen-bond acceptors (Lipinski definition) is 4. The summed E-state index contributed by atoms with van der Waals surface area (Å²) in [6, 6.07) is 8.04. The summed E-state index contributed by atoms with van der Waals surface area (Å²) >= 11 is 0. The van der Waals surface area contributed by atoms with Crippen LogP contribution in [-0.2, 0) is 9.47 Å². The molecule has 2 atom stereocenters. The van der Waals surface area contributed by atoms with Crippen molar-refractivity contribution in [3.8, 4) is 0 Å². The Morgan fingerprint density at radius 2 is 1.70 bits per heavy atom. The van der Waals surface area contributed by atoms with Gasteiger partial charge in [0.2, 0.25) is 0 Å². The topological polar surface area (TPSA) is 59.6 Å². The maximum atomic E-state index is 11.1. The van der Waals surface area contributed by atoms with Crippen LogP contribution in [0.15, 0.2) is 24.3 Å². The highest BCUT2D eigenvalue weighted by molar-refractivity contribution is 5.84. The van der Waals surface area contributed by atoms with Gasteiger partial charge in [-0.1, -0.05) is 0 Å². The van der Waals surface area contributed by atoms with Crippen molar-refractivity contribution in [3.63, 3.8) is 0 Å². The molecule has 0 radical (unpaired) electrons. The summed E-state index contributed by atoms with van der Waals surface area (Å²) < 4.78 is 10.3. The van der Waals surface area contributed by atoms with Gasteiger partial charge >= 0.3 is 6.09 Å². The van der Waals surface area contributed by atoms with Gasteiger partial charge in [0.1, 0.15) is 0 Å². The fourth-order valence-electron chi connectivity index (χ4n) is 2.58. The number of amides is 1. The SMILES string of the molecule is COC(=O)Nc1ccc(NC2CC(C)OC(C)C2)cc1. The number of benzene rings is 1.